The van der Waals surface area contributed by atoms with Crippen LogP contribution in [0.25, 0.3) is 11.3 Å². The fourth-order valence-electron chi connectivity index (χ4n) is 4.08. The highest BCUT2D eigenvalue weighted by atomic mass is 16.5. The van der Waals surface area contributed by atoms with E-state index in [1.165, 1.54) is 30.4 Å². The summed E-state index contributed by atoms with van der Waals surface area (Å²) < 4.78 is 5.40. The Labute approximate surface area is 165 Å². The summed E-state index contributed by atoms with van der Waals surface area (Å²) in [7, 11) is 0. The van der Waals surface area contributed by atoms with Crippen LogP contribution in [0.1, 0.15) is 60.1 Å². The number of aromatic nitrogens is 1. The molecule has 1 aliphatic carbocycles. The highest BCUT2D eigenvalue weighted by Crippen LogP contribution is 2.27. The van der Waals surface area contributed by atoms with E-state index in [0.29, 0.717) is 18.7 Å². The third-order valence-electron chi connectivity index (χ3n) is 5.71. The van der Waals surface area contributed by atoms with E-state index in [1.807, 2.05) is 11.0 Å². The maximum absolute atomic E-state index is 12.3. The van der Waals surface area contributed by atoms with E-state index < -0.39 is 0 Å². The van der Waals surface area contributed by atoms with Crippen LogP contribution >= 0.6 is 0 Å². The first-order chi connectivity index (χ1) is 13.7. The SMILES string of the molecule is O=C(NCCC(=O)N1CCCCC1)c1cc(-c2ccc3c(c2)CCCC3)on1. The van der Waals surface area contributed by atoms with Gasteiger partial charge in [0, 0.05) is 37.7 Å². The number of likely N-dealkylation sites (tertiary alicyclic amines) is 1. The van der Waals surface area contributed by atoms with E-state index in [4.69, 9.17) is 4.52 Å². The van der Waals surface area contributed by atoms with Gasteiger partial charge in [0.2, 0.25) is 5.91 Å². The number of aryl methyl sites for hydroxylation is 2. The number of nitrogens with zero attached hydrogens (tertiary/aromatic N) is 2. The minimum absolute atomic E-state index is 0.106. The molecule has 0 radical (unpaired) electrons. The number of benzene rings is 1. The van der Waals surface area contributed by atoms with Crippen molar-refractivity contribution < 1.29 is 14.1 Å². The first-order valence-corrected chi connectivity index (χ1v) is 10.4. The molecule has 6 nitrogen and oxygen atoms in total. The minimum atomic E-state index is -0.306. The van der Waals surface area contributed by atoms with Gasteiger partial charge in [0.25, 0.3) is 5.91 Å². The number of amides is 2. The number of nitrogens with one attached hydrogen (secondary N) is 1. The van der Waals surface area contributed by atoms with E-state index in [0.717, 1.165) is 44.3 Å². The molecule has 0 spiro atoms. The molecule has 0 unspecified atom stereocenters. The molecule has 148 valence electrons. The quantitative estimate of drug-likeness (QED) is 0.862. The highest BCUT2D eigenvalue weighted by Gasteiger charge is 2.18. The second-order valence-corrected chi connectivity index (χ2v) is 7.71. The van der Waals surface area contributed by atoms with Crippen LogP contribution in [0, 0.1) is 0 Å². The number of carbonyl (C=O) groups excluding carboxylic acids is 2. The summed E-state index contributed by atoms with van der Waals surface area (Å²) in [5.74, 6) is 0.400. The molecular formula is C22H27N3O3. The van der Waals surface area contributed by atoms with Gasteiger partial charge in [-0.05, 0) is 62.1 Å². The summed E-state index contributed by atoms with van der Waals surface area (Å²) in [6.45, 7) is 1.98. The zero-order valence-electron chi connectivity index (χ0n) is 16.2. The second kappa shape index (κ2) is 8.59. The molecule has 1 saturated heterocycles. The van der Waals surface area contributed by atoms with Gasteiger partial charge in [-0.3, -0.25) is 9.59 Å². The lowest BCUT2D eigenvalue weighted by atomic mass is 9.90. The molecule has 1 aromatic heterocycles. The Morgan fingerprint density at radius 3 is 2.61 bits per heavy atom. The van der Waals surface area contributed by atoms with Crippen LogP contribution in [0.3, 0.4) is 0 Å². The predicted molar refractivity (Wildman–Crippen MR) is 106 cm³/mol. The van der Waals surface area contributed by atoms with Gasteiger partial charge in [0.15, 0.2) is 11.5 Å². The van der Waals surface area contributed by atoms with Crippen LogP contribution in [-0.4, -0.2) is 41.5 Å². The molecule has 0 atom stereocenters. The summed E-state index contributed by atoms with van der Waals surface area (Å²) in [5, 5.41) is 6.68. The van der Waals surface area contributed by atoms with Gasteiger partial charge in [-0.25, -0.2) is 0 Å². The van der Waals surface area contributed by atoms with Crippen LogP contribution in [-0.2, 0) is 17.6 Å². The molecule has 0 bridgehead atoms. The molecule has 2 aromatic rings. The minimum Gasteiger partial charge on any atom is -0.355 e. The summed E-state index contributed by atoms with van der Waals surface area (Å²) in [5.41, 5.74) is 3.97. The van der Waals surface area contributed by atoms with Crippen LogP contribution in [0.5, 0.6) is 0 Å². The van der Waals surface area contributed by atoms with Crippen molar-refractivity contribution in [2.75, 3.05) is 19.6 Å². The number of fused-ring (bicyclic) bond motifs is 1. The normalized spacial score (nSPS) is 16.5. The summed E-state index contributed by atoms with van der Waals surface area (Å²) in [6, 6.07) is 8.00. The van der Waals surface area contributed by atoms with Gasteiger partial charge in [0.05, 0.1) is 0 Å². The van der Waals surface area contributed by atoms with E-state index in [1.54, 1.807) is 6.07 Å². The lowest BCUT2D eigenvalue weighted by Gasteiger charge is -2.26. The van der Waals surface area contributed by atoms with Crippen molar-refractivity contribution in [2.24, 2.45) is 0 Å². The Morgan fingerprint density at radius 2 is 1.79 bits per heavy atom. The molecule has 2 amide bonds. The Bertz CT molecular complexity index is 852. The summed E-state index contributed by atoms with van der Waals surface area (Å²) in [4.78, 5) is 26.4. The molecule has 1 fully saturated rings. The Hall–Kier alpha value is -2.63. The molecule has 2 aliphatic rings. The van der Waals surface area contributed by atoms with Crippen LogP contribution in [0.2, 0.25) is 0 Å². The van der Waals surface area contributed by atoms with Crippen LogP contribution < -0.4 is 5.32 Å². The van der Waals surface area contributed by atoms with Gasteiger partial charge in [-0.15, -0.1) is 0 Å². The Morgan fingerprint density at radius 1 is 1.00 bits per heavy atom. The second-order valence-electron chi connectivity index (χ2n) is 7.71. The van der Waals surface area contributed by atoms with E-state index in [2.05, 4.69) is 22.6 Å². The van der Waals surface area contributed by atoms with Crippen LogP contribution in [0.4, 0.5) is 0 Å². The zero-order chi connectivity index (χ0) is 19.3. The fraction of sp³-hybridized carbons (Fsp3) is 0.500. The smallest absolute Gasteiger partial charge is 0.273 e. The molecule has 1 aromatic carbocycles. The molecule has 4 rings (SSSR count). The Balaban J connectivity index is 1.32. The van der Waals surface area contributed by atoms with Gasteiger partial charge < -0.3 is 14.7 Å². The molecule has 28 heavy (non-hydrogen) atoms. The van der Waals surface area contributed by atoms with E-state index in [9.17, 15) is 9.59 Å². The summed E-state index contributed by atoms with van der Waals surface area (Å²) in [6.07, 6.45) is 8.35. The molecule has 2 heterocycles. The molecule has 1 N–H and O–H groups in total. The van der Waals surface area contributed by atoms with Crippen molar-refractivity contribution in [2.45, 2.75) is 51.4 Å². The zero-order valence-corrected chi connectivity index (χ0v) is 16.2. The highest BCUT2D eigenvalue weighted by molar-refractivity contribution is 5.93. The first kappa shape index (κ1) is 18.7. The molecule has 0 saturated carbocycles. The maximum Gasteiger partial charge on any atom is 0.273 e. The summed E-state index contributed by atoms with van der Waals surface area (Å²) >= 11 is 0. The van der Waals surface area contributed by atoms with Crippen molar-refractivity contribution in [1.29, 1.82) is 0 Å². The molecule has 6 heteroatoms. The monoisotopic (exact) mass is 381 g/mol. The van der Waals surface area contributed by atoms with Crippen molar-refractivity contribution in [3.8, 4) is 11.3 Å². The van der Waals surface area contributed by atoms with Crippen molar-refractivity contribution >= 4 is 11.8 Å². The standard InChI is InChI=1S/C22H27N3O3/c26-21(25-12-4-1-5-13-25)10-11-23-22(27)19-15-20(28-24-19)18-9-8-16-6-2-3-7-17(16)14-18/h8-9,14-15H,1-7,10-13H2,(H,23,27). The van der Waals surface area contributed by atoms with Crippen molar-refractivity contribution in [3.63, 3.8) is 0 Å². The van der Waals surface area contributed by atoms with Gasteiger partial charge in [-0.2, -0.15) is 0 Å². The van der Waals surface area contributed by atoms with Gasteiger partial charge >= 0.3 is 0 Å². The maximum atomic E-state index is 12.3. The average Bonchev–Trinajstić information content (AvgIpc) is 3.24. The molecule has 1 aliphatic heterocycles. The van der Waals surface area contributed by atoms with E-state index >= 15 is 0 Å². The number of rotatable bonds is 5. The number of carbonyl (C=O) groups is 2. The van der Waals surface area contributed by atoms with Crippen molar-refractivity contribution in [1.82, 2.24) is 15.4 Å². The number of hydrogen-bond donors (Lipinski definition) is 1. The van der Waals surface area contributed by atoms with Crippen molar-refractivity contribution in [3.05, 3.63) is 41.1 Å². The lowest BCUT2D eigenvalue weighted by molar-refractivity contribution is -0.131. The fourth-order valence-corrected chi connectivity index (χ4v) is 4.08. The average molecular weight is 381 g/mol. The van der Waals surface area contributed by atoms with Gasteiger partial charge in [0.1, 0.15) is 0 Å². The number of piperidine rings is 1. The van der Waals surface area contributed by atoms with Crippen LogP contribution in [0.15, 0.2) is 28.8 Å². The molecular weight excluding hydrogens is 354 g/mol. The largest absolute Gasteiger partial charge is 0.355 e. The predicted octanol–water partition coefficient (Wildman–Crippen LogP) is 3.35. The Kier molecular flexibility index (Phi) is 5.74. The third kappa shape index (κ3) is 4.26. The lowest BCUT2D eigenvalue weighted by Crippen LogP contribution is -2.37. The van der Waals surface area contributed by atoms with Gasteiger partial charge in [-0.1, -0.05) is 17.3 Å². The van der Waals surface area contributed by atoms with E-state index in [-0.39, 0.29) is 17.5 Å². The topological polar surface area (TPSA) is 75.4 Å². The first-order valence-electron chi connectivity index (χ1n) is 10.4. The third-order valence-corrected chi connectivity index (χ3v) is 5.71. The number of hydrogen-bond acceptors (Lipinski definition) is 4.